The lowest BCUT2D eigenvalue weighted by molar-refractivity contribution is -0.136. The van der Waals surface area contributed by atoms with Crippen LogP contribution in [0.1, 0.15) is 70.7 Å². The molecular weight excluding hydrogens is 763 g/mol. The van der Waals surface area contributed by atoms with E-state index in [9.17, 15) is 24.4 Å². The molecule has 0 bridgehead atoms. The van der Waals surface area contributed by atoms with Gasteiger partial charge in [-0.15, -0.1) is 0 Å². The van der Waals surface area contributed by atoms with Crippen LogP contribution in [0.25, 0.3) is 44.4 Å². The van der Waals surface area contributed by atoms with E-state index in [0.717, 1.165) is 63.1 Å². The lowest BCUT2D eigenvalue weighted by Crippen LogP contribution is -2.51. The van der Waals surface area contributed by atoms with Crippen molar-refractivity contribution in [2.24, 2.45) is 17.8 Å². The number of aromatic nitrogens is 4. The number of nitriles is 1. The van der Waals surface area contributed by atoms with Gasteiger partial charge in [0.2, 0.25) is 11.8 Å². The molecule has 2 saturated heterocycles. The largest absolute Gasteiger partial charge is 0.453 e. The van der Waals surface area contributed by atoms with Crippen molar-refractivity contribution in [1.29, 1.82) is 5.26 Å². The fraction of sp³-hybridized carbons (Fsp3) is 0.400. The Hall–Kier alpha value is -6.69. The Bertz CT molecular complexity index is 2410. The number of hydrogen-bond donors (Lipinski definition) is 4. The monoisotopic (exact) mass is 813 g/mol. The maximum absolute atomic E-state index is 13.7. The van der Waals surface area contributed by atoms with Crippen LogP contribution in [-0.2, 0) is 19.1 Å². The van der Waals surface area contributed by atoms with Crippen molar-refractivity contribution in [3.63, 3.8) is 0 Å². The van der Waals surface area contributed by atoms with E-state index in [0.29, 0.717) is 18.8 Å². The van der Waals surface area contributed by atoms with Crippen molar-refractivity contribution < 1.29 is 28.7 Å². The lowest BCUT2D eigenvalue weighted by atomic mass is 9.98. The predicted molar refractivity (Wildman–Crippen MR) is 225 cm³/mol. The molecule has 15 heteroatoms. The van der Waals surface area contributed by atoms with E-state index >= 15 is 0 Å². The molecule has 7 rings (SSSR count). The molecule has 312 valence electrons. The van der Waals surface area contributed by atoms with Gasteiger partial charge in [-0.25, -0.2) is 19.6 Å². The van der Waals surface area contributed by atoms with E-state index in [2.05, 4.69) is 80.2 Å². The fourth-order valence-electron chi connectivity index (χ4n) is 8.24. The minimum atomic E-state index is -0.808. The van der Waals surface area contributed by atoms with Crippen molar-refractivity contribution >= 4 is 34.8 Å². The molecule has 0 saturated carbocycles. The first kappa shape index (κ1) is 41.5. The number of fused-ring (bicyclic) bond motifs is 1. The molecule has 0 spiro atoms. The highest BCUT2D eigenvalue weighted by atomic mass is 16.5. The molecule has 2 fully saturated rings. The number of methoxy groups -OCH3 is 2. The van der Waals surface area contributed by atoms with Crippen LogP contribution in [0.2, 0.25) is 0 Å². The summed E-state index contributed by atoms with van der Waals surface area (Å²) < 4.78 is 9.52. The molecule has 4 amide bonds. The van der Waals surface area contributed by atoms with Gasteiger partial charge >= 0.3 is 12.2 Å². The Labute approximate surface area is 348 Å². The number of carbonyl (C=O) groups is 4. The second-order valence-corrected chi connectivity index (χ2v) is 16.2. The highest BCUT2D eigenvalue weighted by molar-refractivity contribution is 5.91. The van der Waals surface area contributed by atoms with Crippen LogP contribution >= 0.6 is 0 Å². The zero-order valence-electron chi connectivity index (χ0n) is 34.7. The number of nitrogens with one attached hydrogen (secondary N) is 4. The van der Waals surface area contributed by atoms with Gasteiger partial charge in [-0.2, -0.15) is 5.26 Å². The summed E-state index contributed by atoms with van der Waals surface area (Å²) in [4.78, 5) is 71.0. The summed E-state index contributed by atoms with van der Waals surface area (Å²) in [5, 5.41) is 17.2. The van der Waals surface area contributed by atoms with Crippen LogP contribution in [0, 0.1) is 29.1 Å². The van der Waals surface area contributed by atoms with Crippen LogP contribution in [-0.4, -0.2) is 93.1 Å². The number of nitrogens with zero attached hydrogens (tertiary/aromatic N) is 5. The second-order valence-electron chi connectivity index (χ2n) is 16.2. The topological polar surface area (TPSA) is 198 Å². The van der Waals surface area contributed by atoms with E-state index in [-0.39, 0.29) is 42.2 Å². The molecule has 4 heterocycles. The minimum absolute atomic E-state index is 0.114. The number of rotatable bonds is 11. The Balaban J connectivity index is 1.04. The number of aromatic amines is 2. The first-order valence-corrected chi connectivity index (χ1v) is 20.3. The summed E-state index contributed by atoms with van der Waals surface area (Å²) in [5.74, 6) is 0.203. The zero-order chi connectivity index (χ0) is 42.7. The Morgan fingerprint density at radius 2 is 1.22 bits per heavy atom. The average molecular weight is 814 g/mol. The van der Waals surface area contributed by atoms with Crippen molar-refractivity contribution in [3.8, 4) is 39.7 Å². The van der Waals surface area contributed by atoms with E-state index < -0.39 is 30.3 Å². The number of H-pyrrole nitrogens is 2. The van der Waals surface area contributed by atoms with Gasteiger partial charge < -0.3 is 39.9 Å². The number of likely N-dealkylation sites (tertiary alicyclic amines) is 2. The maximum atomic E-state index is 13.7. The first-order chi connectivity index (χ1) is 28.9. The van der Waals surface area contributed by atoms with Gasteiger partial charge in [-0.05, 0) is 70.7 Å². The van der Waals surface area contributed by atoms with Gasteiger partial charge in [0, 0.05) is 18.7 Å². The van der Waals surface area contributed by atoms with Gasteiger partial charge in [-0.3, -0.25) is 9.59 Å². The average Bonchev–Trinajstić information content (AvgIpc) is 4.10. The van der Waals surface area contributed by atoms with Crippen LogP contribution in [0.4, 0.5) is 9.59 Å². The standard InChI is InChI=1S/C45H51N9O6/c1-25(2)38(51-44(57)59-5)42(55)53-17-7-8-36(53)40-47-23-35(50-40)33-16-15-31-19-30(13-14-32(31)20-33)28-9-11-29(12-10-28)34-22-48-41(49-34)37-18-27(21-46)24-54(37)43(56)39(26(3)4)52-45(58)60-6/h9-16,19-20,22-23,25-27,36-39H,7-8,17-18,24H2,1-6H3,(H,47,50)(H,48,49)(H,51,57)(H,52,58). The van der Waals surface area contributed by atoms with Crippen LogP contribution in [0.5, 0.6) is 0 Å². The Morgan fingerprint density at radius 1 is 0.717 bits per heavy atom. The van der Waals surface area contributed by atoms with Crippen LogP contribution in [0.3, 0.4) is 0 Å². The SMILES string of the molecule is COC(=O)NC(C(=O)N1CCCC1c1ncc(-c2ccc3cc(-c4ccc(-c5cnc(C6CC(C#N)CN6C(=O)C(NC(=O)OC)C(C)C)[nH]5)cc4)ccc3c2)[nH]1)C(C)C. The summed E-state index contributed by atoms with van der Waals surface area (Å²) in [6, 6.07) is 20.9. The maximum Gasteiger partial charge on any atom is 0.407 e. The summed E-state index contributed by atoms with van der Waals surface area (Å²) >= 11 is 0. The first-order valence-electron chi connectivity index (χ1n) is 20.3. The zero-order valence-corrected chi connectivity index (χ0v) is 34.7. The molecule has 60 heavy (non-hydrogen) atoms. The molecule has 5 atom stereocenters. The Morgan fingerprint density at radius 3 is 1.78 bits per heavy atom. The van der Waals surface area contributed by atoms with Crippen molar-refractivity contribution in [3.05, 3.63) is 84.7 Å². The van der Waals surface area contributed by atoms with Gasteiger partial charge in [-0.1, -0.05) is 76.2 Å². The van der Waals surface area contributed by atoms with Crippen LogP contribution < -0.4 is 10.6 Å². The number of imidazole rings is 2. The third-order valence-electron chi connectivity index (χ3n) is 11.6. The highest BCUT2D eigenvalue weighted by Crippen LogP contribution is 2.37. The molecule has 0 aliphatic carbocycles. The van der Waals surface area contributed by atoms with Gasteiger partial charge in [0.05, 0.1) is 62.1 Å². The number of ether oxygens (including phenoxy) is 2. The summed E-state index contributed by atoms with van der Waals surface area (Å²) in [5.41, 5.74) is 5.64. The summed E-state index contributed by atoms with van der Waals surface area (Å²) in [6.07, 6.45) is 4.28. The molecule has 2 aliphatic rings. The highest BCUT2D eigenvalue weighted by Gasteiger charge is 2.42. The molecular formula is C45H51N9O6. The van der Waals surface area contributed by atoms with Gasteiger partial charge in [0.1, 0.15) is 23.7 Å². The summed E-state index contributed by atoms with van der Waals surface area (Å²) in [7, 11) is 2.54. The molecule has 15 nitrogen and oxygen atoms in total. The number of carbonyl (C=O) groups excluding carboxylic acids is 4. The summed E-state index contributed by atoms with van der Waals surface area (Å²) in [6.45, 7) is 8.33. The van der Waals surface area contributed by atoms with E-state index in [4.69, 9.17) is 14.5 Å². The van der Waals surface area contributed by atoms with Gasteiger partial charge in [0.25, 0.3) is 0 Å². The molecule has 3 aromatic carbocycles. The second kappa shape index (κ2) is 17.7. The third-order valence-corrected chi connectivity index (χ3v) is 11.6. The molecule has 4 N–H and O–H groups in total. The third kappa shape index (κ3) is 8.54. The minimum Gasteiger partial charge on any atom is -0.453 e. The smallest absolute Gasteiger partial charge is 0.407 e. The number of benzene rings is 3. The number of hydrogen-bond acceptors (Lipinski definition) is 9. The van der Waals surface area contributed by atoms with E-state index in [1.165, 1.54) is 14.2 Å². The van der Waals surface area contributed by atoms with Crippen LogP contribution in [0.15, 0.2) is 73.1 Å². The molecule has 5 unspecified atom stereocenters. The van der Waals surface area contributed by atoms with E-state index in [1.807, 2.05) is 46.0 Å². The van der Waals surface area contributed by atoms with Gasteiger partial charge in [0.15, 0.2) is 0 Å². The Kier molecular flexibility index (Phi) is 12.2. The molecule has 0 radical (unpaired) electrons. The lowest BCUT2D eigenvalue weighted by Gasteiger charge is -2.30. The fourth-order valence-corrected chi connectivity index (χ4v) is 8.24. The molecule has 2 aliphatic heterocycles. The number of alkyl carbamates (subject to hydrolysis) is 2. The van der Waals surface area contributed by atoms with Crippen molar-refractivity contribution in [2.45, 2.75) is 71.1 Å². The predicted octanol–water partition coefficient (Wildman–Crippen LogP) is 7.12. The normalized spacial score (nSPS) is 18.7. The van der Waals surface area contributed by atoms with Crippen molar-refractivity contribution in [1.82, 2.24) is 40.4 Å². The number of amides is 4. The molecule has 5 aromatic rings. The molecule has 2 aromatic heterocycles. The van der Waals surface area contributed by atoms with E-state index in [1.54, 1.807) is 16.0 Å². The van der Waals surface area contributed by atoms with Crippen molar-refractivity contribution in [2.75, 3.05) is 27.3 Å². The quantitative estimate of drug-likeness (QED) is 0.107.